The van der Waals surface area contributed by atoms with Crippen molar-refractivity contribution in [2.75, 3.05) is 31.9 Å². The normalized spacial score (nSPS) is 22.2. The van der Waals surface area contributed by atoms with E-state index in [4.69, 9.17) is 0 Å². The van der Waals surface area contributed by atoms with Crippen molar-refractivity contribution in [2.24, 2.45) is 0 Å². The molecule has 5 nitrogen and oxygen atoms in total. The van der Waals surface area contributed by atoms with Gasteiger partial charge in [0.15, 0.2) is 0 Å². The maximum atomic E-state index is 11.6. The van der Waals surface area contributed by atoms with E-state index in [0.717, 1.165) is 6.54 Å². The van der Waals surface area contributed by atoms with E-state index >= 15 is 0 Å². The SMILES string of the molecule is CCNCC1(O)CCN(S(=O)(=O)CC)CC1. The molecule has 1 aliphatic heterocycles. The number of aliphatic hydroxyl groups is 1. The summed E-state index contributed by atoms with van der Waals surface area (Å²) in [4.78, 5) is 0. The van der Waals surface area contributed by atoms with Crippen LogP contribution in [0.5, 0.6) is 0 Å². The maximum absolute atomic E-state index is 11.6. The van der Waals surface area contributed by atoms with Crippen molar-refractivity contribution in [1.82, 2.24) is 9.62 Å². The van der Waals surface area contributed by atoms with Gasteiger partial charge in [0.1, 0.15) is 0 Å². The molecule has 0 unspecified atom stereocenters. The first-order chi connectivity index (χ1) is 7.43. The van der Waals surface area contributed by atoms with E-state index in [9.17, 15) is 13.5 Å². The molecule has 0 radical (unpaired) electrons. The number of nitrogens with zero attached hydrogens (tertiary/aromatic N) is 1. The van der Waals surface area contributed by atoms with Gasteiger partial charge in [0, 0.05) is 19.6 Å². The summed E-state index contributed by atoms with van der Waals surface area (Å²) in [5, 5.41) is 13.3. The van der Waals surface area contributed by atoms with E-state index in [0.29, 0.717) is 32.5 Å². The van der Waals surface area contributed by atoms with Gasteiger partial charge in [-0.05, 0) is 26.3 Å². The topological polar surface area (TPSA) is 69.6 Å². The highest BCUT2D eigenvalue weighted by Crippen LogP contribution is 2.23. The van der Waals surface area contributed by atoms with Crippen molar-refractivity contribution in [3.8, 4) is 0 Å². The average Bonchev–Trinajstić information content (AvgIpc) is 2.27. The largest absolute Gasteiger partial charge is 0.388 e. The van der Waals surface area contributed by atoms with Crippen LogP contribution >= 0.6 is 0 Å². The first kappa shape index (κ1) is 13.9. The second-order valence-corrected chi connectivity index (χ2v) is 6.56. The predicted octanol–water partition coefficient (Wildman–Crippen LogP) is -0.227. The molecule has 0 aromatic heterocycles. The van der Waals surface area contributed by atoms with E-state index in [-0.39, 0.29) is 5.75 Å². The number of rotatable bonds is 5. The molecule has 0 atom stereocenters. The van der Waals surface area contributed by atoms with Gasteiger partial charge in [0.2, 0.25) is 10.0 Å². The highest BCUT2D eigenvalue weighted by atomic mass is 32.2. The van der Waals surface area contributed by atoms with Gasteiger partial charge in [-0.25, -0.2) is 12.7 Å². The van der Waals surface area contributed by atoms with Crippen LogP contribution in [0.4, 0.5) is 0 Å². The quantitative estimate of drug-likeness (QED) is 0.707. The Morgan fingerprint density at radius 2 is 1.88 bits per heavy atom. The van der Waals surface area contributed by atoms with Crippen LogP contribution in [0, 0.1) is 0 Å². The lowest BCUT2D eigenvalue weighted by molar-refractivity contribution is -0.00339. The Morgan fingerprint density at radius 3 is 2.31 bits per heavy atom. The Hall–Kier alpha value is -0.170. The zero-order chi connectivity index (χ0) is 12.2. The number of hydrogen-bond acceptors (Lipinski definition) is 4. The monoisotopic (exact) mass is 250 g/mol. The summed E-state index contributed by atoms with van der Waals surface area (Å²) in [6.45, 7) is 5.85. The molecule has 1 saturated heterocycles. The van der Waals surface area contributed by atoms with Crippen LogP contribution in [0.15, 0.2) is 0 Å². The zero-order valence-corrected chi connectivity index (χ0v) is 10.9. The van der Waals surface area contributed by atoms with Gasteiger partial charge in [-0.3, -0.25) is 0 Å². The smallest absolute Gasteiger partial charge is 0.213 e. The third-order valence-electron chi connectivity index (χ3n) is 3.12. The van der Waals surface area contributed by atoms with Crippen molar-refractivity contribution >= 4 is 10.0 Å². The zero-order valence-electron chi connectivity index (χ0n) is 10.1. The summed E-state index contributed by atoms with van der Waals surface area (Å²) in [5.74, 6) is 0.138. The fourth-order valence-electron chi connectivity index (χ4n) is 1.90. The molecule has 6 heteroatoms. The minimum atomic E-state index is -3.09. The molecule has 0 spiro atoms. The van der Waals surface area contributed by atoms with Gasteiger partial charge in [-0.15, -0.1) is 0 Å². The summed E-state index contributed by atoms with van der Waals surface area (Å²) in [6.07, 6.45) is 1.03. The van der Waals surface area contributed by atoms with Gasteiger partial charge < -0.3 is 10.4 Å². The lowest BCUT2D eigenvalue weighted by Gasteiger charge is -2.37. The summed E-state index contributed by atoms with van der Waals surface area (Å²) in [6, 6.07) is 0. The molecule has 0 saturated carbocycles. The lowest BCUT2D eigenvalue weighted by atomic mass is 9.92. The van der Waals surface area contributed by atoms with Crippen LogP contribution in [0.25, 0.3) is 0 Å². The second-order valence-electron chi connectivity index (χ2n) is 4.30. The molecule has 1 aliphatic rings. The Labute approximate surface area is 97.9 Å². The van der Waals surface area contributed by atoms with E-state index in [1.165, 1.54) is 4.31 Å². The highest BCUT2D eigenvalue weighted by Gasteiger charge is 2.35. The van der Waals surface area contributed by atoms with Crippen molar-refractivity contribution in [3.63, 3.8) is 0 Å². The predicted molar refractivity (Wildman–Crippen MR) is 63.8 cm³/mol. The van der Waals surface area contributed by atoms with Crippen molar-refractivity contribution in [1.29, 1.82) is 0 Å². The average molecular weight is 250 g/mol. The summed E-state index contributed by atoms with van der Waals surface area (Å²) in [7, 11) is -3.09. The first-order valence-corrected chi connectivity index (χ1v) is 7.45. The molecule has 0 aliphatic carbocycles. The number of likely N-dealkylation sites (N-methyl/N-ethyl adjacent to an activating group) is 1. The van der Waals surface area contributed by atoms with Crippen LogP contribution in [0.2, 0.25) is 0 Å². The molecule has 0 amide bonds. The van der Waals surface area contributed by atoms with Gasteiger partial charge in [-0.1, -0.05) is 6.92 Å². The first-order valence-electron chi connectivity index (χ1n) is 5.84. The van der Waals surface area contributed by atoms with E-state index in [1.807, 2.05) is 6.92 Å². The highest BCUT2D eigenvalue weighted by molar-refractivity contribution is 7.89. The van der Waals surface area contributed by atoms with Crippen molar-refractivity contribution < 1.29 is 13.5 Å². The van der Waals surface area contributed by atoms with Gasteiger partial charge in [0.25, 0.3) is 0 Å². The third kappa shape index (κ3) is 3.41. The van der Waals surface area contributed by atoms with Gasteiger partial charge in [0.05, 0.1) is 11.4 Å². The van der Waals surface area contributed by atoms with E-state index in [1.54, 1.807) is 6.92 Å². The van der Waals surface area contributed by atoms with Crippen LogP contribution < -0.4 is 5.32 Å². The Kier molecular flexibility index (Phi) is 4.73. The fourth-order valence-corrected chi connectivity index (χ4v) is 3.00. The molecule has 1 fully saturated rings. The van der Waals surface area contributed by atoms with Gasteiger partial charge >= 0.3 is 0 Å². The van der Waals surface area contributed by atoms with Crippen molar-refractivity contribution in [3.05, 3.63) is 0 Å². The van der Waals surface area contributed by atoms with Crippen LogP contribution in [0.1, 0.15) is 26.7 Å². The Bertz CT molecular complexity index is 308. The second kappa shape index (κ2) is 5.44. The Balaban J connectivity index is 2.51. The van der Waals surface area contributed by atoms with Crippen molar-refractivity contribution in [2.45, 2.75) is 32.3 Å². The number of hydrogen-bond donors (Lipinski definition) is 2. The fraction of sp³-hybridized carbons (Fsp3) is 1.00. The summed E-state index contributed by atoms with van der Waals surface area (Å²) >= 11 is 0. The minimum Gasteiger partial charge on any atom is -0.388 e. The van der Waals surface area contributed by atoms with Crippen LogP contribution in [-0.4, -0.2) is 55.4 Å². The summed E-state index contributed by atoms with van der Waals surface area (Å²) < 4.78 is 24.7. The standard InChI is InChI=1S/C10H22N2O3S/c1-3-11-9-10(13)5-7-12(8-6-10)16(14,15)4-2/h11,13H,3-9H2,1-2H3. The molecule has 0 aromatic carbocycles. The van der Waals surface area contributed by atoms with Gasteiger partial charge in [-0.2, -0.15) is 0 Å². The molecule has 1 rings (SSSR count). The van der Waals surface area contributed by atoms with Crippen LogP contribution in [0.3, 0.4) is 0 Å². The molecule has 96 valence electrons. The number of sulfonamides is 1. The molecule has 0 aromatic rings. The lowest BCUT2D eigenvalue weighted by Crippen LogP contribution is -2.51. The minimum absolute atomic E-state index is 0.138. The molecule has 16 heavy (non-hydrogen) atoms. The third-order valence-corrected chi connectivity index (χ3v) is 5.00. The molecule has 2 N–H and O–H groups in total. The van der Waals surface area contributed by atoms with Crippen LogP contribution in [-0.2, 0) is 10.0 Å². The number of piperidine rings is 1. The Morgan fingerprint density at radius 1 is 1.31 bits per heavy atom. The molecular formula is C10H22N2O3S. The molecular weight excluding hydrogens is 228 g/mol. The summed E-state index contributed by atoms with van der Waals surface area (Å²) in [5.41, 5.74) is -0.740. The number of nitrogens with one attached hydrogen (secondary N) is 1. The maximum Gasteiger partial charge on any atom is 0.213 e. The molecule has 1 heterocycles. The van der Waals surface area contributed by atoms with E-state index < -0.39 is 15.6 Å². The molecule has 0 bridgehead atoms. The van der Waals surface area contributed by atoms with E-state index in [2.05, 4.69) is 5.32 Å².